The number of aryl methyl sites for hydroxylation is 1. The van der Waals surface area contributed by atoms with Crippen LogP contribution in [0, 0.1) is 6.92 Å². The Morgan fingerprint density at radius 1 is 1.00 bits per heavy atom. The summed E-state index contributed by atoms with van der Waals surface area (Å²) in [6, 6.07) is 19.6. The number of carbonyl (C=O) groups excluding carboxylic acids is 2. The molecule has 0 aliphatic carbocycles. The standard InChI is InChI=1S/C27H25NO5/c1-3-15-33-20-13-11-18(12-14-20)25(30)23-24(19-8-6-7-17(2)16-19)28(27(32)26(23)31)21-9-4-5-10-22(21)29/h4-14,16,24,29-30H,3,15H2,1-2H3/b25-23-. The molecular formula is C27H25NO5. The lowest BCUT2D eigenvalue weighted by molar-refractivity contribution is -0.132. The number of aliphatic hydroxyl groups is 1. The number of carbonyl (C=O) groups is 2. The molecule has 33 heavy (non-hydrogen) atoms. The average Bonchev–Trinajstić information content (AvgIpc) is 3.08. The van der Waals surface area contributed by atoms with Gasteiger partial charge in [0, 0.05) is 5.56 Å². The fourth-order valence-electron chi connectivity index (χ4n) is 3.99. The van der Waals surface area contributed by atoms with Gasteiger partial charge in [-0.2, -0.15) is 0 Å². The van der Waals surface area contributed by atoms with Crippen LogP contribution >= 0.6 is 0 Å². The first-order chi connectivity index (χ1) is 15.9. The minimum atomic E-state index is -0.894. The Balaban J connectivity index is 1.87. The number of Topliss-reactive ketones (excluding diaryl/α,β-unsaturated/α-hetero) is 1. The van der Waals surface area contributed by atoms with Gasteiger partial charge in [-0.25, -0.2) is 0 Å². The molecule has 6 heteroatoms. The van der Waals surface area contributed by atoms with Crippen molar-refractivity contribution in [1.82, 2.24) is 0 Å². The molecule has 4 rings (SSSR count). The lowest BCUT2D eigenvalue weighted by atomic mass is 9.94. The maximum Gasteiger partial charge on any atom is 0.300 e. The zero-order valence-corrected chi connectivity index (χ0v) is 18.5. The summed E-state index contributed by atoms with van der Waals surface area (Å²) < 4.78 is 5.59. The van der Waals surface area contributed by atoms with Crippen LogP contribution in [0.1, 0.15) is 36.1 Å². The third-order valence-electron chi connectivity index (χ3n) is 5.54. The second-order valence-electron chi connectivity index (χ2n) is 7.94. The number of rotatable bonds is 6. The summed E-state index contributed by atoms with van der Waals surface area (Å²) in [6.07, 6.45) is 0.869. The van der Waals surface area contributed by atoms with Crippen molar-refractivity contribution in [3.63, 3.8) is 0 Å². The number of hydrogen-bond donors (Lipinski definition) is 2. The van der Waals surface area contributed by atoms with E-state index < -0.39 is 17.7 Å². The second kappa shape index (κ2) is 9.20. The summed E-state index contributed by atoms with van der Waals surface area (Å²) >= 11 is 0. The molecule has 1 fully saturated rings. The number of ether oxygens (including phenoxy) is 1. The Kier molecular flexibility index (Phi) is 6.18. The van der Waals surface area contributed by atoms with Gasteiger partial charge in [-0.3, -0.25) is 14.5 Å². The van der Waals surface area contributed by atoms with Gasteiger partial charge in [-0.05, 0) is 55.3 Å². The van der Waals surface area contributed by atoms with Crippen LogP contribution in [0.2, 0.25) is 0 Å². The number of para-hydroxylation sites is 2. The molecule has 6 nitrogen and oxygen atoms in total. The first-order valence-electron chi connectivity index (χ1n) is 10.8. The third kappa shape index (κ3) is 4.20. The lowest BCUT2D eigenvalue weighted by Gasteiger charge is -2.26. The average molecular weight is 443 g/mol. The minimum absolute atomic E-state index is 0.0314. The number of nitrogens with zero attached hydrogens (tertiary/aromatic N) is 1. The second-order valence-corrected chi connectivity index (χ2v) is 7.94. The highest BCUT2D eigenvalue weighted by Gasteiger charge is 2.47. The molecule has 3 aromatic rings. The smallest absolute Gasteiger partial charge is 0.300 e. The van der Waals surface area contributed by atoms with E-state index in [4.69, 9.17) is 4.74 Å². The van der Waals surface area contributed by atoms with Crippen molar-refractivity contribution in [3.8, 4) is 11.5 Å². The van der Waals surface area contributed by atoms with E-state index in [9.17, 15) is 19.8 Å². The van der Waals surface area contributed by atoms with Crippen molar-refractivity contribution in [2.24, 2.45) is 0 Å². The summed E-state index contributed by atoms with van der Waals surface area (Å²) in [5, 5.41) is 21.6. The number of phenols is 1. The van der Waals surface area contributed by atoms with Gasteiger partial charge < -0.3 is 14.9 Å². The number of anilines is 1. The first kappa shape index (κ1) is 22.1. The zero-order chi connectivity index (χ0) is 23.5. The van der Waals surface area contributed by atoms with Gasteiger partial charge in [-0.1, -0.05) is 48.9 Å². The first-order valence-corrected chi connectivity index (χ1v) is 10.8. The molecule has 1 heterocycles. The van der Waals surface area contributed by atoms with E-state index in [0.717, 1.165) is 12.0 Å². The Morgan fingerprint density at radius 2 is 1.73 bits per heavy atom. The van der Waals surface area contributed by atoms with E-state index in [1.807, 2.05) is 32.0 Å². The largest absolute Gasteiger partial charge is 0.507 e. The molecule has 1 unspecified atom stereocenters. The van der Waals surface area contributed by atoms with Gasteiger partial charge in [0.15, 0.2) is 0 Å². The van der Waals surface area contributed by atoms with Crippen LogP contribution < -0.4 is 9.64 Å². The van der Waals surface area contributed by atoms with Gasteiger partial charge in [0.25, 0.3) is 11.7 Å². The van der Waals surface area contributed by atoms with Gasteiger partial charge in [-0.15, -0.1) is 0 Å². The van der Waals surface area contributed by atoms with Crippen molar-refractivity contribution in [3.05, 3.63) is 95.1 Å². The normalized spacial score (nSPS) is 17.4. The monoisotopic (exact) mass is 443 g/mol. The molecule has 1 aliphatic rings. The van der Waals surface area contributed by atoms with Crippen molar-refractivity contribution in [1.29, 1.82) is 0 Å². The van der Waals surface area contributed by atoms with Crippen LogP contribution in [0.15, 0.2) is 78.4 Å². The Labute approximate surface area is 192 Å². The van der Waals surface area contributed by atoms with Crippen molar-refractivity contribution in [2.45, 2.75) is 26.3 Å². The fraction of sp³-hybridized carbons (Fsp3) is 0.185. The summed E-state index contributed by atoms with van der Waals surface area (Å²) in [5.74, 6) is -1.38. The maximum atomic E-state index is 13.2. The Hall–Kier alpha value is -4.06. The van der Waals surface area contributed by atoms with Gasteiger partial charge >= 0.3 is 0 Å². The SMILES string of the molecule is CCCOc1ccc(/C(O)=C2/C(=O)C(=O)N(c3ccccc3O)C2c2cccc(C)c2)cc1. The molecule has 0 bridgehead atoms. The van der Waals surface area contributed by atoms with E-state index in [1.165, 1.54) is 11.0 Å². The molecule has 1 atom stereocenters. The number of amides is 1. The summed E-state index contributed by atoms with van der Waals surface area (Å²) in [7, 11) is 0. The number of aliphatic hydroxyl groups excluding tert-OH is 1. The third-order valence-corrected chi connectivity index (χ3v) is 5.54. The predicted molar refractivity (Wildman–Crippen MR) is 126 cm³/mol. The van der Waals surface area contributed by atoms with Crippen molar-refractivity contribution < 1.29 is 24.5 Å². The molecule has 168 valence electrons. The van der Waals surface area contributed by atoms with Crippen molar-refractivity contribution in [2.75, 3.05) is 11.5 Å². The Morgan fingerprint density at radius 3 is 2.39 bits per heavy atom. The topological polar surface area (TPSA) is 87.1 Å². The highest BCUT2D eigenvalue weighted by Crippen LogP contribution is 2.44. The molecule has 0 spiro atoms. The van der Waals surface area contributed by atoms with Gasteiger partial charge in [0.2, 0.25) is 0 Å². The summed E-state index contributed by atoms with van der Waals surface area (Å²) in [4.78, 5) is 27.6. The van der Waals surface area contributed by atoms with Crippen LogP contribution in [0.3, 0.4) is 0 Å². The van der Waals surface area contributed by atoms with Crippen LogP contribution in [0.25, 0.3) is 5.76 Å². The number of benzene rings is 3. The van der Waals surface area contributed by atoms with Crippen LogP contribution in [0.4, 0.5) is 5.69 Å². The zero-order valence-electron chi connectivity index (χ0n) is 18.5. The molecule has 1 amide bonds. The molecule has 0 saturated carbocycles. The van der Waals surface area contributed by atoms with Crippen LogP contribution in [0.5, 0.6) is 11.5 Å². The Bertz CT molecular complexity index is 1230. The van der Waals surface area contributed by atoms with Crippen molar-refractivity contribution >= 4 is 23.1 Å². The minimum Gasteiger partial charge on any atom is -0.507 e. The fourth-order valence-corrected chi connectivity index (χ4v) is 3.99. The van der Waals surface area contributed by atoms with Gasteiger partial charge in [0.05, 0.1) is 23.9 Å². The highest BCUT2D eigenvalue weighted by atomic mass is 16.5. The van der Waals surface area contributed by atoms with E-state index in [1.54, 1.807) is 48.5 Å². The van der Waals surface area contributed by atoms with E-state index >= 15 is 0 Å². The maximum absolute atomic E-state index is 13.2. The summed E-state index contributed by atoms with van der Waals surface area (Å²) in [5.41, 5.74) is 2.16. The highest BCUT2D eigenvalue weighted by molar-refractivity contribution is 6.51. The van der Waals surface area contributed by atoms with E-state index in [-0.39, 0.29) is 22.8 Å². The number of ketones is 1. The number of hydrogen-bond acceptors (Lipinski definition) is 5. The van der Waals surface area contributed by atoms with Crippen LogP contribution in [-0.2, 0) is 9.59 Å². The molecule has 0 radical (unpaired) electrons. The van der Waals surface area contributed by atoms with E-state index in [0.29, 0.717) is 23.5 Å². The molecule has 3 aromatic carbocycles. The molecular weight excluding hydrogens is 418 g/mol. The molecule has 1 saturated heterocycles. The van der Waals surface area contributed by atoms with E-state index in [2.05, 4.69) is 0 Å². The molecule has 2 N–H and O–H groups in total. The number of aromatic hydroxyl groups is 1. The molecule has 0 aromatic heterocycles. The lowest BCUT2D eigenvalue weighted by Crippen LogP contribution is -2.29. The quantitative estimate of drug-likeness (QED) is 0.314. The molecule has 1 aliphatic heterocycles. The van der Waals surface area contributed by atoms with Gasteiger partial charge in [0.1, 0.15) is 17.3 Å². The van der Waals surface area contributed by atoms with Crippen LogP contribution in [-0.4, -0.2) is 28.5 Å². The predicted octanol–water partition coefficient (Wildman–Crippen LogP) is 5.12. The summed E-state index contributed by atoms with van der Waals surface area (Å²) in [6.45, 7) is 4.49. The number of phenolic OH excluding ortho intramolecular Hbond substituents is 1.